The standard InChI is InChI=1S/C18H18O2/c1-15(9-8-12-16-10-4-2-5-11-16)20-18(19)17-13-6-3-7-14-17/h2-11,13-15H,12H2,1H3/b9-8+. The minimum Gasteiger partial charge on any atom is -0.455 e. The van der Waals surface area contributed by atoms with Crippen LogP contribution in [0.2, 0.25) is 0 Å². The Morgan fingerprint density at radius 1 is 1.05 bits per heavy atom. The minimum absolute atomic E-state index is 0.230. The first-order valence-corrected chi connectivity index (χ1v) is 6.72. The van der Waals surface area contributed by atoms with Crippen LogP contribution in [0.1, 0.15) is 22.8 Å². The Morgan fingerprint density at radius 3 is 2.30 bits per heavy atom. The number of carbonyl (C=O) groups is 1. The van der Waals surface area contributed by atoms with Crippen molar-refractivity contribution in [3.8, 4) is 0 Å². The quantitative estimate of drug-likeness (QED) is 0.603. The number of hydrogen-bond acceptors (Lipinski definition) is 2. The van der Waals surface area contributed by atoms with E-state index in [9.17, 15) is 4.79 Å². The SMILES string of the molecule is CC(/C=C/Cc1ccccc1)OC(=O)c1ccccc1. The number of hydrogen-bond donors (Lipinski definition) is 0. The fourth-order valence-electron chi connectivity index (χ4n) is 1.86. The maximum atomic E-state index is 11.8. The molecule has 0 aliphatic carbocycles. The van der Waals surface area contributed by atoms with Crippen LogP contribution in [0.3, 0.4) is 0 Å². The lowest BCUT2D eigenvalue weighted by Gasteiger charge is -2.09. The van der Waals surface area contributed by atoms with Gasteiger partial charge in [0, 0.05) is 0 Å². The molecule has 102 valence electrons. The molecule has 0 bridgehead atoms. The summed E-state index contributed by atoms with van der Waals surface area (Å²) in [5.74, 6) is -0.289. The van der Waals surface area contributed by atoms with Gasteiger partial charge in [-0.2, -0.15) is 0 Å². The van der Waals surface area contributed by atoms with Crippen LogP contribution in [-0.2, 0) is 11.2 Å². The molecule has 0 aliphatic rings. The second kappa shape index (κ2) is 7.29. The first-order chi connectivity index (χ1) is 9.75. The largest absolute Gasteiger partial charge is 0.455 e. The highest BCUT2D eigenvalue weighted by atomic mass is 16.5. The lowest BCUT2D eigenvalue weighted by Crippen LogP contribution is -2.12. The van der Waals surface area contributed by atoms with Gasteiger partial charge in [0.15, 0.2) is 0 Å². The van der Waals surface area contributed by atoms with Gasteiger partial charge >= 0.3 is 5.97 Å². The molecular weight excluding hydrogens is 248 g/mol. The van der Waals surface area contributed by atoms with Gasteiger partial charge in [-0.05, 0) is 37.1 Å². The molecule has 0 fully saturated rings. The van der Waals surface area contributed by atoms with Gasteiger partial charge in [-0.1, -0.05) is 54.6 Å². The van der Waals surface area contributed by atoms with Gasteiger partial charge in [0.1, 0.15) is 6.10 Å². The average Bonchev–Trinajstić information content (AvgIpc) is 2.49. The predicted octanol–water partition coefficient (Wildman–Crippen LogP) is 4.03. The first-order valence-electron chi connectivity index (χ1n) is 6.72. The molecule has 0 saturated carbocycles. The van der Waals surface area contributed by atoms with Crippen LogP contribution in [0.25, 0.3) is 0 Å². The van der Waals surface area contributed by atoms with E-state index in [1.807, 2.05) is 55.5 Å². The van der Waals surface area contributed by atoms with Gasteiger partial charge in [-0.3, -0.25) is 0 Å². The van der Waals surface area contributed by atoms with E-state index in [-0.39, 0.29) is 12.1 Å². The van der Waals surface area contributed by atoms with E-state index in [4.69, 9.17) is 4.74 Å². The van der Waals surface area contributed by atoms with Crippen molar-refractivity contribution in [1.82, 2.24) is 0 Å². The van der Waals surface area contributed by atoms with Crippen LogP contribution in [0.15, 0.2) is 72.8 Å². The van der Waals surface area contributed by atoms with E-state index in [0.717, 1.165) is 6.42 Å². The molecule has 0 aromatic heterocycles. The Morgan fingerprint density at radius 2 is 1.65 bits per heavy atom. The molecule has 1 atom stereocenters. The lowest BCUT2D eigenvalue weighted by molar-refractivity contribution is 0.0424. The van der Waals surface area contributed by atoms with Crippen molar-refractivity contribution < 1.29 is 9.53 Å². The van der Waals surface area contributed by atoms with Crippen LogP contribution in [0.5, 0.6) is 0 Å². The highest BCUT2D eigenvalue weighted by Crippen LogP contribution is 2.06. The van der Waals surface area contributed by atoms with Crippen molar-refractivity contribution >= 4 is 5.97 Å². The number of ether oxygens (including phenoxy) is 1. The topological polar surface area (TPSA) is 26.3 Å². The predicted molar refractivity (Wildman–Crippen MR) is 80.6 cm³/mol. The van der Waals surface area contributed by atoms with E-state index in [1.54, 1.807) is 12.1 Å². The smallest absolute Gasteiger partial charge is 0.338 e. The molecule has 0 aliphatic heterocycles. The van der Waals surface area contributed by atoms with E-state index >= 15 is 0 Å². The second-order valence-electron chi connectivity index (χ2n) is 4.59. The molecule has 0 saturated heterocycles. The zero-order valence-electron chi connectivity index (χ0n) is 11.5. The van der Waals surface area contributed by atoms with Crippen LogP contribution >= 0.6 is 0 Å². The normalized spacial score (nSPS) is 12.2. The molecule has 2 heteroatoms. The van der Waals surface area contributed by atoms with Gasteiger partial charge in [0.25, 0.3) is 0 Å². The molecule has 0 N–H and O–H groups in total. The summed E-state index contributed by atoms with van der Waals surface area (Å²) in [4.78, 5) is 11.8. The fraction of sp³-hybridized carbons (Fsp3) is 0.167. The Hall–Kier alpha value is -2.35. The number of rotatable bonds is 5. The van der Waals surface area contributed by atoms with Crippen molar-refractivity contribution in [3.63, 3.8) is 0 Å². The van der Waals surface area contributed by atoms with Crippen LogP contribution in [-0.4, -0.2) is 12.1 Å². The lowest BCUT2D eigenvalue weighted by atomic mass is 10.1. The molecule has 2 aromatic rings. The van der Waals surface area contributed by atoms with E-state index < -0.39 is 0 Å². The maximum Gasteiger partial charge on any atom is 0.338 e. The molecule has 0 heterocycles. The fourth-order valence-corrected chi connectivity index (χ4v) is 1.86. The summed E-state index contributed by atoms with van der Waals surface area (Å²) in [6.45, 7) is 1.86. The summed E-state index contributed by atoms with van der Waals surface area (Å²) in [5, 5.41) is 0. The van der Waals surface area contributed by atoms with Crippen LogP contribution < -0.4 is 0 Å². The molecule has 2 nitrogen and oxygen atoms in total. The van der Waals surface area contributed by atoms with Gasteiger partial charge < -0.3 is 4.74 Å². The van der Waals surface area contributed by atoms with E-state index in [1.165, 1.54) is 5.56 Å². The molecule has 20 heavy (non-hydrogen) atoms. The van der Waals surface area contributed by atoms with Crippen molar-refractivity contribution in [2.75, 3.05) is 0 Å². The second-order valence-corrected chi connectivity index (χ2v) is 4.59. The summed E-state index contributed by atoms with van der Waals surface area (Å²) < 4.78 is 5.35. The Bertz CT molecular complexity index is 558. The van der Waals surface area contributed by atoms with Gasteiger partial charge in [0.05, 0.1) is 5.56 Å². The van der Waals surface area contributed by atoms with Crippen molar-refractivity contribution in [3.05, 3.63) is 83.9 Å². The number of esters is 1. The maximum absolute atomic E-state index is 11.8. The molecular formula is C18H18O2. The highest BCUT2D eigenvalue weighted by molar-refractivity contribution is 5.89. The Balaban J connectivity index is 1.83. The Kier molecular flexibility index (Phi) is 5.13. The number of allylic oxidation sites excluding steroid dienone is 1. The van der Waals surface area contributed by atoms with Crippen molar-refractivity contribution in [2.24, 2.45) is 0 Å². The number of carbonyl (C=O) groups excluding carboxylic acids is 1. The summed E-state index contributed by atoms with van der Waals surface area (Å²) in [6.07, 6.45) is 4.55. The molecule has 2 aromatic carbocycles. The van der Waals surface area contributed by atoms with Gasteiger partial charge in [0.2, 0.25) is 0 Å². The molecule has 1 unspecified atom stereocenters. The van der Waals surface area contributed by atoms with Crippen molar-refractivity contribution in [1.29, 1.82) is 0 Å². The first kappa shape index (κ1) is 14.1. The third kappa shape index (κ3) is 4.39. The Labute approximate surface area is 119 Å². The highest BCUT2D eigenvalue weighted by Gasteiger charge is 2.08. The average molecular weight is 266 g/mol. The zero-order chi connectivity index (χ0) is 14.2. The number of benzene rings is 2. The summed E-state index contributed by atoms with van der Waals surface area (Å²) in [5.41, 5.74) is 1.82. The van der Waals surface area contributed by atoms with Gasteiger partial charge in [-0.15, -0.1) is 0 Å². The zero-order valence-corrected chi connectivity index (χ0v) is 11.5. The van der Waals surface area contributed by atoms with E-state index in [2.05, 4.69) is 12.1 Å². The van der Waals surface area contributed by atoms with Crippen molar-refractivity contribution in [2.45, 2.75) is 19.4 Å². The molecule has 0 spiro atoms. The summed E-state index contributed by atoms with van der Waals surface area (Å²) in [6, 6.07) is 19.2. The molecule has 0 amide bonds. The minimum atomic E-state index is -0.289. The summed E-state index contributed by atoms with van der Waals surface area (Å²) >= 11 is 0. The molecule has 2 rings (SSSR count). The monoisotopic (exact) mass is 266 g/mol. The van der Waals surface area contributed by atoms with Gasteiger partial charge in [-0.25, -0.2) is 4.79 Å². The third-order valence-corrected chi connectivity index (χ3v) is 2.91. The van der Waals surface area contributed by atoms with E-state index in [0.29, 0.717) is 5.56 Å². The van der Waals surface area contributed by atoms with Crippen LogP contribution in [0, 0.1) is 0 Å². The van der Waals surface area contributed by atoms with Crippen LogP contribution in [0.4, 0.5) is 0 Å². The third-order valence-electron chi connectivity index (χ3n) is 2.91. The summed E-state index contributed by atoms with van der Waals surface area (Å²) in [7, 11) is 0. The molecule has 0 radical (unpaired) electrons.